The summed E-state index contributed by atoms with van der Waals surface area (Å²) in [7, 11) is -1.61. The Kier molecular flexibility index (Phi) is 3.58. The van der Waals surface area contributed by atoms with E-state index < -0.39 is 8.32 Å². The number of hydrogen-bond donors (Lipinski definition) is 0. The van der Waals surface area contributed by atoms with Crippen LogP contribution in [0.3, 0.4) is 0 Å². The zero-order valence-electron chi connectivity index (χ0n) is 12.4. The minimum Gasteiger partial charge on any atom is -0.417 e. The van der Waals surface area contributed by atoms with Gasteiger partial charge in [-0.05, 0) is 48.9 Å². The lowest BCUT2D eigenvalue weighted by Crippen LogP contribution is -2.41. The van der Waals surface area contributed by atoms with Crippen LogP contribution in [0.1, 0.15) is 40.0 Å². The summed E-state index contributed by atoms with van der Waals surface area (Å²) >= 11 is 0. The molecule has 0 aromatic heterocycles. The number of ketones is 1. The Hall–Kier alpha value is -0.413. The second-order valence-electron chi connectivity index (χ2n) is 7.46. The van der Waals surface area contributed by atoms with Gasteiger partial charge < -0.3 is 4.43 Å². The monoisotopic (exact) mass is 266 g/mol. The highest BCUT2D eigenvalue weighted by molar-refractivity contribution is 6.74. The van der Waals surface area contributed by atoms with Crippen molar-refractivity contribution in [3.63, 3.8) is 0 Å². The van der Waals surface area contributed by atoms with Crippen LogP contribution < -0.4 is 0 Å². The van der Waals surface area contributed by atoms with Crippen molar-refractivity contribution in [1.29, 1.82) is 0 Å². The highest BCUT2D eigenvalue weighted by Crippen LogP contribution is 2.43. The number of fused-ring (bicyclic) bond motifs is 1. The van der Waals surface area contributed by atoms with Gasteiger partial charge in [-0.15, -0.1) is 0 Å². The van der Waals surface area contributed by atoms with E-state index in [1.807, 2.05) is 6.08 Å². The van der Waals surface area contributed by atoms with Crippen LogP contribution in [0.15, 0.2) is 11.6 Å². The van der Waals surface area contributed by atoms with E-state index in [0.717, 1.165) is 25.9 Å². The van der Waals surface area contributed by atoms with Crippen LogP contribution in [0, 0.1) is 11.8 Å². The van der Waals surface area contributed by atoms with Gasteiger partial charge in [0.15, 0.2) is 14.1 Å². The van der Waals surface area contributed by atoms with Gasteiger partial charge in [0.1, 0.15) is 0 Å². The third kappa shape index (κ3) is 2.77. The molecule has 2 unspecified atom stereocenters. The van der Waals surface area contributed by atoms with Gasteiger partial charge >= 0.3 is 0 Å². The van der Waals surface area contributed by atoms with E-state index >= 15 is 0 Å². The molecule has 3 heteroatoms. The second-order valence-corrected chi connectivity index (χ2v) is 12.3. The van der Waals surface area contributed by atoms with Crippen LogP contribution in [-0.2, 0) is 9.22 Å². The van der Waals surface area contributed by atoms with Gasteiger partial charge in [-0.3, -0.25) is 4.79 Å². The summed E-state index contributed by atoms with van der Waals surface area (Å²) in [6, 6.07) is 0. The van der Waals surface area contributed by atoms with Crippen LogP contribution in [0.4, 0.5) is 0 Å². The molecule has 2 aliphatic carbocycles. The Morgan fingerprint density at radius 2 is 2.00 bits per heavy atom. The molecule has 0 aromatic carbocycles. The molecule has 2 nitrogen and oxygen atoms in total. The Bertz CT molecular complexity index is 376. The SMILES string of the molecule is CC(C)(C)[Si](C)(C)OCC1CC2=CC(=O)CC2C1. The van der Waals surface area contributed by atoms with E-state index in [2.05, 4.69) is 33.9 Å². The van der Waals surface area contributed by atoms with E-state index in [-0.39, 0.29) is 5.04 Å². The molecular formula is C15H26O2Si. The molecule has 2 aliphatic rings. The molecule has 0 heterocycles. The molecule has 18 heavy (non-hydrogen) atoms. The Balaban J connectivity index is 1.87. The summed E-state index contributed by atoms with van der Waals surface area (Å²) in [5, 5.41) is 0.288. The minimum atomic E-state index is -1.61. The Morgan fingerprint density at radius 3 is 2.56 bits per heavy atom. The zero-order valence-corrected chi connectivity index (χ0v) is 13.4. The number of allylic oxidation sites excluding steroid dienone is 2. The van der Waals surface area contributed by atoms with E-state index in [9.17, 15) is 4.79 Å². The van der Waals surface area contributed by atoms with Gasteiger partial charge in [-0.2, -0.15) is 0 Å². The Labute approximate surface area is 112 Å². The van der Waals surface area contributed by atoms with Crippen molar-refractivity contribution in [2.45, 2.75) is 58.2 Å². The lowest BCUT2D eigenvalue weighted by molar-refractivity contribution is -0.114. The molecule has 102 valence electrons. The summed E-state index contributed by atoms with van der Waals surface area (Å²) in [6.45, 7) is 12.4. The molecule has 0 radical (unpaired) electrons. The first-order valence-electron chi connectivity index (χ1n) is 7.06. The molecule has 0 saturated heterocycles. The van der Waals surface area contributed by atoms with Gasteiger partial charge in [0.05, 0.1) is 0 Å². The molecule has 0 amide bonds. The first kappa shape index (κ1) is 14.0. The fraction of sp³-hybridized carbons (Fsp3) is 0.800. The average Bonchev–Trinajstić information content (AvgIpc) is 2.69. The highest BCUT2D eigenvalue weighted by Gasteiger charge is 2.39. The minimum absolute atomic E-state index is 0.288. The van der Waals surface area contributed by atoms with Gasteiger partial charge in [0, 0.05) is 13.0 Å². The van der Waals surface area contributed by atoms with Crippen LogP contribution in [0.2, 0.25) is 18.1 Å². The third-order valence-corrected chi connectivity index (χ3v) is 9.45. The smallest absolute Gasteiger partial charge is 0.191 e. The topological polar surface area (TPSA) is 26.3 Å². The second kappa shape index (κ2) is 4.60. The molecule has 0 aromatic rings. The lowest BCUT2D eigenvalue weighted by Gasteiger charge is -2.37. The molecule has 0 N–H and O–H groups in total. The van der Waals surface area contributed by atoms with Crippen molar-refractivity contribution in [2.24, 2.45) is 11.8 Å². The number of carbonyl (C=O) groups is 1. The molecule has 1 saturated carbocycles. The summed E-state index contributed by atoms with van der Waals surface area (Å²) in [5.41, 5.74) is 1.39. The van der Waals surface area contributed by atoms with Crippen LogP contribution in [-0.4, -0.2) is 20.7 Å². The largest absolute Gasteiger partial charge is 0.417 e. The van der Waals surface area contributed by atoms with E-state index in [0.29, 0.717) is 17.6 Å². The molecule has 1 fully saturated rings. The molecule has 0 spiro atoms. The average molecular weight is 266 g/mol. The summed E-state index contributed by atoms with van der Waals surface area (Å²) in [4.78, 5) is 11.3. The normalized spacial score (nSPS) is 28.5. The molecule has 0 bridgehead atoms. The standard InChI is InChI=1S/C15H26O2Si/c1-15(2,3)18(4,5)17-10-11-6-12-8-14(16)9-13(12)7-11/h8,11,13H,6-7,9-10H2,1-5H3. The fourth-order valence-electron chi connectivity index (χ4n) is 2.71. The van der Waals surface area contributed by atoms with Crippen molar-refractivity contribution in [2.75, 3.05) is 6.61 Å². The molecule has 2 atom stereocenters. The van der Waals surface area contributed by atoms with E-state index in [4.69, 9.17) is 4.43 Å². The maximum atomic E-state index is 11.3. The maximum absolute atomic E-state index is 11.3. The predicted molar refractivity (Wildman–Crippen MR) is 77.1 cm³/mol. The van der Waals surface area contributed by atoms with E-state index in [1.165, 1.54) is 5.57 Å². The van der Waals surface area contributed by atoms with Gasteiger partial charge in [-0.25, -0.2) is 0 Å². The lowest BCUT2D eigenvalue weighted by atomic mass is 10.0. The summed E-state index contributed by atoms with van der Waals surface area (Å²) < 4.78 is 6.30. The molecular weight excluding hydrogens is 240 g/mol. The van der Waals surface area contributed by atoms with E-state index in [1.54, 1.807) is 0 Å². The van der Waals surface area contributed by atoms with Crippen LogP contribution in [0.5, 0.6) is 0 Å². The summed E-state index contributed by atoms with van der Waals surface area (Å²) in [5.74, 6) is 1.52. The maximum Gasteiger partial charge on any atom is 0.191 e. The van der Waals surface area contributed by atoms with Crippen molar-refractivity contribution in [3.8, 4) is 0 Å². The molecule has 2 rings (SSSR count). The van der Waals surface area contributed by atoms with Crippen LogP contribution in [0.25, 0.3) is 0 Å². The highest BCUT2D eigenvalue weighted by atomic mass is 28.4. The first-order valence-corrected chi connectivity index (χ1v) is 9.97. The zero-order chi connectivity index (χ0) is 13.6. The number of carbonyl (C=O) groups excluding carboxylic acids is 1. The van der Waals surface area contributed by atoms with Crippen molar-refractivity contribution in [1.82, 2.24) is 0 Å². The fourth-order valence-corrected chi connectivity index (χ4v) is 3.79. The van der Waals surface area contributed by atoms with Crippen molar-refractivity contribution in [3.05, 3.63) is 11.6 Å². The predicted octanol–water partition coefficient (Wildman–Crippen LogP) is 3.93. The number of hydrogen-bond acceptors (Lipinski definition) is 2. The Morgan fingerprint density at radius 1 is 1.33 bits per heavy atom. The first-order chi connectivity index (χ1) is 8.19. The quantitative estimate of drug-likeness (QED) is 0.723. The van der Waals surface area contributed by atoms with Gasteiger partial charge in [0.2, 0.25) is 0 Å². The van der Waals surface area contributed by atoms with Crippen molar-refractivity contribution >= 4 is 14.1 Å². The van der Waals surface area contributed by atoms with Crippen molar-refractivity contribution < 1.29 is 9.22 Å². The van der Waals surface area contributed by atoms with Crippen LogP contribution >= 0.6 is 0 Å². The summed E-state index contributed by atoms with van der Waals surface area (Å²) in [6.07, 6.45) is 4.89. The van der Waals surface area contributed by atoms with Gasteiger partial charge in [-0.1, -0.05) is 26.3 Å². The third-order valence-electron chi connectivity index (χ3n) is 4.95. The molecule has 0 aliphatic heterocycles. The number of rotatable bonds is 3. The van der Waals surface area contributed by atoms with Gasteiger partial charge in [0.25, 0.3) is 0 Å².